The second kappa shape index (κ2) is 5.88. The Hall–Kier alpha value is -2.34. The van der Waals surface area contributed by atoms with Crippen molar-refractivity contribution in [2.75, 3.05) is 0 Å². The van der Waals surface area contributed by atoms with E-state index in [0.717, 1.165) is 11.3 Å². The molecule has 2 aliphatic heterocycles. The number of fused-ring (bicyclic) bond motifs is 3. The molecule has 6 heteroatoms. The third-order valence-electron chi connectivity index (χ3n) is 4.71. The van der Waals surface area contributed by atoms with E-state index in [0.29, 0.717) is 12.1 Å². The van der Waals surface area contributed by atoms with Gasteiger partial charge in [0.2, 0.25) is 5.91 Å². The first-order valence-corrected chi connectivity index (χ1v) is 9.14. The van der Waals surface area contributed by atoms with Gasteiger partial charge in [0.05, 0.1) is 12.2 Å². The molecule has 0 aliphatic carbocycles. The molecule has 25 heavy (non-hydrogen) atoms. The van der Waals surface area contributed by atoms with Gasteiger partial charge in [0.15, 0.2) is 0 Å². The number of aromatic nitrogens is 1. The van der Waals surface area contributed by atoms with Crippen LogP contribution in [0.15, 0.2) is 48.7 Å². The third kappa shape index (κ3) is 2.61. The molecule has 2 amide bonds. The van der Waals surface area contributed by atoms with Gasteiger partial charge in [-0.1, -0.05) is 24.3 Å². The number of nitrogens with zero attached hydrogens (tertiary/aromatic N) is 2. The van der Waals surface area contributed by atoms with Crippen LogP contribution in [0.25, 0.3) is 0 Å². The Kier molecular flexibility index (Phi) is 3.80. The van der Waals surface area contributed by atoms with Crippen molar-refractivity contribution in [3.63, 3.8) is 0 Å². The maximum Gasteiger partial charge on any atom is 0.256 e. The first-order chi connectivity index (χ1) is 12.0. The lowest BCUT2D eigenvalue weighted by atomic mass is 10.0. The van der Waals surface area contributed by atoms with E-state index in [2.05, 4.69) is 10.3 Å². The SMILES string of the molecule is CC1(C)S[C@H]2c3ccccc3C(=O)N2[C@H]1C(=O)NCc1ccccn1. The molecular formula is C19H19N3O2S. The minimum absolute atomic E-state index is 0.0586. The van der Waals surface area contributed by atoms with Crippen molar-refractivity contribution < 1.29 is 9.59 Å². The van der Waals surface area contributed by atoms with Crippen molar-refractivity contribution in [3.8, 4) is 0 Å². The monoisotopic (exact) mass is 353 g/mol. The molecular weight excluding hydrogens is 334 g/mol. The Labute approximate surface area is 150 Å². The molecule has 1 aromatic heterocycles. The highest BCUT2D eigenvalue weighted by Gasteiger charge is 2.57. The average Bonchev–Trinajstić information content (AvgIpc) is 3.04. The molecule has 2 aliphatic rings. The number of pyridine rings is 1. The predicted octanol–water partition coefficient (Wildman–Crippen LogP) is 2.75. The summed E-state index contributed by atoms with van der Waals surface area (Å²) in [5.41, 5.74) is 2.51. The van der Waals surface area contributed by atoms with E-state index >= 15 is 0 Å². The summed E-state index contributed by atoms with van der Waals surface area (Å²) in [7, 11) is 0. The van der Waals surface area contributed by atoms with Crippen molar-refractivity contribution in [1.82, 2.24) is 15.2 Å². The number of thioether (sulfide) groups is 1. The van der Waals surface area contributed by atoms with E-state index in [-0.39, 0.29) is 21.9 Å². The normalized spacial score (nSPS) is 23.3. The molecule has 1 fully saturated rings. The summed E-state index contributed by atoms with van der Waals surface area (Å²) in [4.78, 5) is 31.8. The van der Waals surface area contributed by atoms with Crippen molar-refractivity contribution in [2.45, 2.75) is 36.6 Å². The lowest BCUT2D eigenvalue weighted by molar-refractivity contribution is -0.126. The summed E-state index contributed by atoms with van der Waals surface area (Å²) in [5.74, 6) is -0.191. The molecule has 5 nitrogen and oxygen atoms in total. The molecule has 3 heterocycles. The van der Waals surface area contributed by atoms with Gasteiger partial charge in [-0.15, -0.1) is 11.8 Å². The van der Waals surface area contributed by atoms with Crippen LogP contribution in [0, 0.1) is 0 Å². The van der Waals surface area contributed by atoms with Crippen LogP contribution in [0.3, 0.4) is 0 Å². The van der Waals surface area contributed by atoms with Crippen LogP contribution in [0.1, 0.15) is 40.8 Å². The average molecular weight is 353 g/mol. The number of rotatable bonds is 3. The number of amides is 2. The number of hydrogen-bond donors (Lipinski definition) is 1. The van der Waals surface area contributed by atoms with Crippen molar-refractivity contribution in [3.05, 3.63) is 65.5 Å². The minimum Gasteiger partial charge on any atom is -0.349 e. The molecule has 0 bridgehead atoms. The standard InChI is InChI=1S/C19H19N3O2S/c1-19(2)15(16(23)21-11-12-7-5-6-10-20-12)22-17(24)13-8-3-4-9-14(13)18(22)25-19/h3-10,15,18H,11H2,1-2H3,(H,21,23)/t15-,18-/m0/s1. The van der Waals surface area contributed by atoms with Crippen LogP contribution in [-0.4, -0.2) is 32.5 Å². The quantitative estimate of drug-likeness (QED) is 0.922. The highest BCUT2D eigenvalue weighted by molar-refractivity contribution is 8.01. The summed E-state index contributed by atoms with van der Waals surface area (Å²) in [5, 5.41) is 2.85. The van der Waals surface area contributed by atoms with E-state index in [1.807, 2.05) is 56.3 Å². The van der Waals surface area contributed by atoms with Crippen molar-refractivity contribution in [2.24, 2.45) is 0 Å². The van der Waals surface area contributed by atoms with E-state index < -0.39 is 6.04 Å². The van der Waals surface area contributed by atoms with Gasteiger partial charge >= 0.3 is 0 Å². The number of carbonyl (C=O) groups is 2. The molecule has 1 saturated heterocycles. The fourth-order valence-electron chi connectivity index (χ4n) is 3.58. The van der Waals surface area contributed by atoms with Gasteiger partial charge in [0.1, 0.15) is 11.4 Å². The Morgan fingerprint density at radius 2 is 2.00 bits per heavy atom. The van der Waals surface area contributed by atoms with Gasteiger partial charge in [0.25, 0.3) is 5.91 Å². The summed E-state index contributed by atoms with van der Waals surface area (Å²) < 4.78 is -0.359. The fraction of sp³-hybridized carbons (Fsp3) is 0.316. The number of carbonyl (C=O) groups excluding carboxylic acids is 2. The van der Waals surface area contributed by atoms with E-state index in [1.165, 1.54) is 0 Å². The molecule has 2 atom stereocenters. The highest BCUT2D eigenvalue weighted by Crippen LogP contribution is 2.56. The minimum atomic E-state index is -0.508. The zero-order valence-corrected chi connectivity index (χ0v) is 14.9. The van der Waals surface area contributed by atoms with Gasteiger partial charge in [-0.05, 0) is 37.6 Å². The Balaban J connectivity index is 1.59. The van der Waals surface area contributed by atoms with Gasteiger partial charge in [0, 0.05) is 16.5 Å². The molecule has 0 unspecified atom stereocenters. The first kappa shape index (κ1) is 16.1. The van der Waals surface area contributed by atoms with Crippen LogP contribution in [0.2, 0.25) is 0 Å². The number of nitrogens with one attached hydrogen (secondary N) is 1. The second-order valence-electron chi connectivity index (χ2n) is 6.81. The van der Waals surface area contributed by atoms with Crippen LogP contribution >= 0.6 is 11.8 Å². The summed E-state index contributed by atoms with van der Waals surface area (Å²) >= 11 is 1.67. The fourth-order valence-corrected chi connectivity index (χ4v) is 5.17. The van der Waals surface area contributed by atoms with Crippen LogP contribution in [0.4, 0.5) is 0 Å². The molecule has 1 N–H and O–H groups in total. The summed E-state index contributed by atoms with van der Waals surface area (Å²) in [6, 6.07) is 12.7. The topological polar surface area (TPSA) is 62.3 Å². The Morgan fingerprint density at radius 3 is 2.76 bits per heavy atom. The first-order valence-electron chi connectivity index (χ1n) is 8.26. The van der Waals surface area contributed by atoms with Gasteiger partial charge in [-0.25, -0.2) is 0 Å². The maximum atomic E-state index is 12.9. The molecule has 2 aromatic rings. The molecule has 0 spiro atoms. The molecule has 0 radical (unpaired) electrons. The summed E-state index contributed by atoms with van der Waals surface area (Å²) in [6.45, 7) is 4.41. The van der Waals surface area contributed by atoms with Gasteiger partial charge in [-0.3, -0.25) is 14.6 Å². The van der Waals surface area contributed by atoms with Crippen molar-refractivity contribution in [1.29, 1.82) is 0 Å². The van der Waals surface area contributed by atoms with Crippen LogP contribution in [0.5, 0.6) is 0 Å². The van der Waals surface area contributed by atoms with E-state index in [4.69, 9.17) is 0 Å². The second-order valence-corrected chi connectivity index (χ2v) is 8.55. The van der Waals surface area contributed by atoms with E-state index in [1.54, 1.807) is 22.9 Å². The highest BCUT2D eigenvalue weighted by atomic mass is 32.2. The van der Waals surface area contributed by atoms with Gasteiger partial charge in [-0.2, -0.15) is 0 Å². The maximum absolute atomic E-state index is 12.9. The lowest BCUT2D eigenvalue weighted by Gasteiger charge is -2.29. The van der Waals surface area contributed by atoms with E-state index in [9.17, 15) is 9.59 Å². The molecule has 0 saturated carbocycles. The molecule has 128 valence electrons. The zero-order chi connectivity index (χ0) is 17.6. The molecule has 4 rings (SSSR count). The Morgan fingerprint density at radius 1 is 1.24 bits per heavy atom. The lowest BCUT2D eigenvalue weighted by Crippen LogP contribution is -2.52. The third-order valence-corrected chi connectivity index (χ3v) is 6.25. The largest absolute Gasteiger partial charge is 0.349 e. The van der Waals surface area contributed by atoms with Crippen LogP contribution in [-0.2, 0) is 11.3 Å². The number of hydrogen-bond acceptors (Lipinski definition) is 4. The Bertz CT molecular complexity index is 838. The predicted molar refractivity (Wildman–Crippen MR) is 96.9 cm³/mol. The number of benzene rings is 1. The smallest absolute Gasteiger partial charge is 0.256 e. The zero-order valence-electron chi connectivity index (χ0n) is 14.1. The van der Waals surface area contributed by atoms with Gasteiger partial charge < -0.3 is 10.2 Å². The molecule has 1 aromatic carbocycles. The van der Waals surface area contributed by atoms with Crippen molar-refractivity contribution >= 4 is 23.6 Å². The summed E-state index contributed by atoms with van der Waals surface area (Å²) in [6.07, 6.45) is 1.70. The van der Waals surface area contributed by atoms with Crippen LogP contribution < -0.4 is 5.32 Å².